The summed E-state index contributed by atoms with van der Waals surface area (Å²) in [4.78, 5) is 16.1. The molecule has 98 valence electrons. The smallest absolute Gasteiger partial charge is 0.410 e. The lowest BCUT2D eigenvalue weighted by Gasteiger charge is -2.06. The summed E-state index contributed by atoms with van der Waals surface area (Å²) in [6.07, 6.45) is -0.556. The number of carbonyl (C=O) groups is 1. The van der Waals surface area contributed by atoms with Gasteiger partial charge in [0.15, 0.2) is 0 Å². The van der Waals surface area contributed by atoms with Crippen molar-refractivity contribution in [3.05, 3.63) is 66.7 Å². The van der Waals surface area contributed by atoms with E-state index in [0.717, 1.165) is 10.9 Å². The fourth-order valence-corrected chi connectivity index (χ4v) is 1.86. The molecule has 0 aliphatic heterocycles. The van der Waals surface area contributed by atoms with Gasteiger partial charge in [-0.25, -0.2) is 9.78 Å². The minimum atomic E-state index is -0.556. The van der Waals surface area contributed by atoms with Crippen molar-refractivity contribution in [2.45, 2.75) is 0 Å². The van der Waals surface area contributed by atoms with Crippen LogP contribution in [0.15, 0.2) is 66.7 Å². The molecule has 20 heavy (non-hydrogen) atoms. The number of anilines is 1. The Morgan fingerprint density at radius 1 is 0.900 bits per heavy atom. The second-order valence-corrected chi connectivity index (χ2v) is 4.22. The molecule has 3 rings (SSSR count). The Labute approximate surface area is 116 Å². The molecular formula is C16H12N2O2. The van der Waals surface area contributed by atoms with E-state index in [0.29, 0.717) is 11.6 Å². The van der Waals surface area contributed by atoms with Gasteiger partial charge in [0.1, 0.15) is 11.6 Å². The Bertz CT molecular complexity index is 742. The van der Waals surface area contributed by atoms with Crippen LogP contribution in [-0.4, -0.2) is 11.1 Å². The number of carbonyl (C=O) groups excluding carboxylic acids is 1. The van der Waals surface area contributed by atoms with E-state index in [9.17, 15) is 4.79 Å². The van der Waals surface area contributed by atoms with E-state index >= 15 is 0 Å². The summed E-state index contributed by atoms with van der Waals surface area (Å²) in [6.45, 7) is 0. The van der Waals surface area contributed by atoms with Gasteiger partial charge >= 0.3 is 6.09 Å². The number of benzene rings is 2. The molecule has 0 bridgehead atoms. The first-order valence-corrected chi connectivity index (χ1v) is 6.21. The van der Waals surface area contributed by atoms with Crippen molar-refractivity contribution in [2.24, 2.45) is 0 Å². The van der Waals surface area contributed by atoms with Crippen LogP contribution in [0.5, 0.6) is 5.75 Å². The van der Waals surface area contributed by atoms with Gasteiger partial charge < -0.3 is 4.74 Å². The number of nitrogens with one attached hydrogen (secondary N) is 1. The highest BCUT2D eigenvalue weighted by molar-refractivity contribution is 5.88. The third kappa shape index (κ3) is 2.75. The molecule has 4 heteroatoms. The molecule has 0 saturated carbocycles. The molecule has 1 heterocycles. The minimum Gasteiger partial charge on any atom is -0.410 e. The molecule has 0 fully saturated rings. The summed E-state index contributed by atoms with van der Waals surface area (Å²) in [5, 5.41) is 3.63. The maximum absolute atomic E-state index is 11.7. The van der Waals surface area contributed by atoms with Gasteiger partial charge in [-0.1, -0.05) is 36.4 Å². The molecule has 0 unspecified atom stereocenters. The Morgan fingerprint density at radius 3 is 2.50 bits per heavy atom. The Hall–Kier alpha value is -2.88. The maximum atomic E-state index is 11.7. The number of nitrogens with zero attached hydrogens (tertiary/aromatic N) is 1. The zero-order valence-corrected chi connectivity index (χ0v) is 10.6. The number of fused-ring (bicyclic) bond motifs is 1. The first-order chi connectivity index (χ1) is 9.81. The summed E-state index contributed by atoms with van der Waals surface area (Å²) in [7, 11) is 0. The van der Waals surface area contributed by atoms with Crippen LogP contribution in [0.25, 0.3) is 10.9 Å². The van der Waals surface area contributed by atoms with Crippen LogP contribution in [0.3, 0.4) is 0 Å². The highest BCUT2D eigenvalue weighted by Gasteiger charge is 2.06. The first kappa shape index (κ1) is 12.2. The molecule has 0 atom stereocenters. The number of amides is 1. The summed E-state index contributed by atoms with van der Waals surface area (Å²) < 4.78 is 5.14. The summed E-state index contributed by atoms with van der Waals surface area (Å²) in [6, 6.07) is 20.2. The van der Waals surface area contributed by atoms with E-state index in [-0.39, 0.29) is 0 Å². The first-order valence-electron chi connectivity index (χ1n) is 6.21. The van der Waals surface area contributed by atoms with Crippen molar-refractivity contribution in [2.75, 3.05) is 5.32 Å². The maximum Gasteiger partial charge on any atom is 0.418 e. The summed E-state index contributed by atoms with van der Waals surface area (Å²) in [5.74, 6) is 0.954. The van der Waals surface area contributed by atoms with E-state index in [1.54, 1.807) is 30.3 Å². The van der Waals surface area contributed by atoms with E-state index < -0.39 is 6.09 Å². The molecule has 0 radical (unpaired) electrons. The van der Waals surface area contributed by atoms with E-state index in [1.165, 1.54) is 0 Å². The summed E-state index contributed by atoms with van der Waals surface area (Å²) in [5.41, 5.74) is 0.824. The molecule has 2 aromatic carbocycles. The molecule has 1 amide bonds. The zero-order valence-electron chi connectivity index (χ0n) is 10.6. The molecule has 3 aromatic rings. The van der Waals surface area contributed by atoms with Crippen molar-refractivity contribution in [3.8, 4) is 5.75 Å². The Morgan fingerprint density at radius 2 is 1.65 bits per heavy atom. The normalized spacial score (nSPS) is 10.2. The number of aromatic nitrogens is 1. The fraction of sp³-hybridized carbons (Fsp3) is 0. The fourth-order valence-electron chi connectivity index (χ4n) is 1.86. The average molecular weight is 264 g/mol. The lowest BCUT2D eigenvalue weighted by Crippen LogP contribution is -2.17. The Balaban J connectivity index is 1.74. The zero-order chi connectivity index (χ0) is 13.8. The van der Waals surface area contributed by atoms with Gasteiger partial charge in [0.2, 0.25) is 0 Å². The van der Waals surface area contributed by atoms with Crippen LogP contribution in [0.2, 0.25) is 0 Å². The number of hydrogen-bond acceptors (Lipinski definition) is 3. The quantitative estimate of drug-likeness (QED) is 0.765. The van der Waals surface area contributed by atoms with Gasteiger partial charge in [-0.15, -0.1) is 0 Å². The van der Waals surface area contributed by atoms with E-state index in [1.807, 2.05) is 36.4 Å². The molecule has 1 aromatic heterocycles. The van der Waals surface area contributed by atoms with Crippen molar-refractivity contribution in [1.29, 1.82) is 0 Å². The molecule has 1 N–H and O–H groups in total. The third-order valence-corrected chi connectivity index (χ3v) is 2.78. The van der Waals surface area contributed by atoms with Gasteiger partial charge in [-0.05, 0) is 30.3 Å². The molecule has 0 spiro atoms. The number of hydrogen-bond donors (Lipinski definition) is 1. The van der Waals surface area contributed by atoms with Gasteiger partial charge in [-0.2, -0.15) is 0 Å². The highest BCUT2D eigenvalue weighted by atomic mass is 16.6. The Kier molecular flexibility index (Phi) is 3.29. The largest absolute Gasteiger partial charge is 0.418 e. The number of pyridine rings is 1. The van der Waals surface area contributed by atoms with Crippen LogP contribution < -0.4 is 10.1 Å². The van der Waals surface area contributed by atoms with Crippen LogP contribution in [-0.2, 0) is 0 Å². The van der Waals surface area contributed by atoms with Gasteiger partial charge in [0.05, 0.1) is 5.52 Å². The van der Waals surface area contributed by atoms with Crippen molar-refractivity contribution in [1.82, 2.24) is 4.98 Å². The number of para-hydroxylation sites is 2. The van der Waals surface area contributed by atoms with E-state index in [4.69, 9.17) is 4.74 Å². The molecule has 0 aliphatic carbocycles. The lowest BCUT2D eigenvalue weighted by molar-refractivity contribution is 0.215. The predicted octanol–water partition coefficient (Wildman–Crippen LogP) is 3.85. The van der Waals surface area contributed by atoms with Crippen molar-refractivity contribution < 1.29 is 9.53 Å². The second kappa shape index (κ2) is 5.40. The summed E-state index contributed by atoms with van der Waals surface area (Å²) >= 11 is 0. The van der Waals surface area contributed by atoms with Crippen LogP contribution >= 0.6 is 0 Å². The van der Waals surface area contributed by atoms with Crippen LogP contribution in [0.4, 0.5) is 10.6 Å². The average Bonchev–Trinajstić information content (AvgIpc) is 2.48. The molecule has 0 saturated heterocycles. The van der Waals surface area contributed by atoms with Gasteiger partial charge in [0.25, 0.3) is 0 Å². The standard InChI is InChI=1S/C16H12N2O2/c19-16(20-13-7-2-1-3-8-13)18-15-11-10-12-6-4-5-9-14(12)17-15/h1-11H,(H,17,18,19). The van der Waals surface area contributed by atoms with Gasteiger partial charge in [-0.3, -0.25) is 5.32 Å². The second-order valence-electron chi connectivity index (χ2n) is 4.22. The van der Waals surface area contributed by atoms with Crippen LogP contribution in [0, 0.1) is 0 Å². The third-order valence-electron chi connectivity index (χ3n) is 2.78. The SMILES string of the molecule is O=C(Nc1ccc2ccccc2n1)Oc1ccccc1. The number of rotatable bonds is 2. The topological polar surface area (TPSA) is 51.2 Å². The molecular weight excluding hydrogens is 252 g/mol. The lowest BCUT2D eigenvalue weighted by atomic mass is 10.2. The van der Waals surface area contributed by atoms with Gasteiger partial charge in [0, 0.05) is 5.39 Å². The minimum absolute atomic E-state index is 0.463. The van der Waals surface area contributed by atoms with Crippen molar-refractivity contribution >= 4 is 22.8 Å². The van der Waals surface area contributed by atoms with Crippen molar-refractivity contribution in [3.63, 3.8) is 0 Å². The molecule has 4 nitrogen and oxygen atoms in total. The predicted molar refractivity (Wildman–Crippen MR) is 77.8 cm³/mol. The monoisotopic (exact) mass is 264 g/mol. The van der Waals surface area contributed by atoms with Crippen LogP contribution in [0.1, 0.15) is 0 Å². The molecule has 0 aliphatic rings. The number of ether oxygens (including phenoxy) is 1. The van der Waals surface area contributed by atoms with E-state index in [2.05, 4.69) is 10.3 Å². The highest BCUT2D eigenvalue weighted by Crippen LogP contribution is 2.15.